The van der Waals surface area contributed by atoms with Crippen molar-refractivity contribution in [3.8, 4) is 0 Å². The second kappa shape index (κ2) is 8.34. The van der Waals surface area contributed by atoms with Crippen molar-refractivity contribution >= 4 is 17.6 Å². The number of aliphatic carboxylic acids is 1. The Labute approximate surface area is 146 Å². The minimum atomic E-state index is -0.961. The first-order valence-corrected chi connectivity index (χ1v) is 7.93. The van der Waals surface area contributed by atoms with Gasteiger partial charge in [0.05, 0.1) is 6.04 Å². The molecular formula is C18H23N3O4. The number of aryl methyl sites for hydroxylation is 1. The zero-order chi connectivity index (χ0) is 18.4. The molecule has 134 valence electrons. The molecule has 2 rings (SSSR count). The number of hydrogen-bond acceptors (Lipinski definition) is 5. The number of amides is 1. The zero-order valence-electron chi connectivity index (χ0n) is 14.6. The van der Waals surface area contributed by atoms with Crippen LogP contribution in [-0.4, -0.2) is 49.1 Å². The van der Waals surface area contributed by atoms with E-state index in [1.165, 1.54) is 0 Å². The predicted molar refractivity (Wildman–Crippen MR) is 94.8 cm³/mol. The van der Waals surface area contributed by atoms with Gasteiger partial charge in [-0.3, -0.25) is 14.5 Å². The van der Waals surface area contributed by atoms with Crippen LogP contribution < -0.4 is 10.6 Å². The second-order valence-corrected chi connectivity index (χ2v) is 5.97. The van der Waals surface area contributed by atoms with E-state index in [1.807, 2.05) is 38.1 Å². The number of carboxylic acids is 1. The SMILES string of the molecule is Cc1ccc(C(CNC(=O)c2cccc(NCC(=O)O)c2)N(C)C)o1. The van der Waals surface area contributed by atoms with Crippen molar-refractivity contribution < 1.29 is 19.1 Å². The maximum atomic E-state index is 12.4. The van der Waals surface area contributed by atoms with Crippen LogP contribution in [0.25, 0.3) is 0 Å². The Balaban J connectivity index is 2.01. The lowest BCUT2D eigenvalue weighted by Crippen LogP contribution is -2.34. The molecule has 1 aromatic carbocycles. The maximum Gasteiger partial charge on any atom is 0.322 e. The molecule has 1 aromatic heterocycles. The summed E-state index contributed by atoms with van der Waals surface area (Å²) in [7, 11) is 3.84. The van der Waals surface area contributed by atoms with Crippen LogP contribution in [0.15, 0.2) is 40.8 Å². The third kappa shape index (κ3) is 5.36. The Hall–Kier alpha value is -2.80. The molecule has 1 unspecified atom stereocenters. The average Bonchev–Trinajstić information content (AvgIpc) is 2.99. The van der Waals surface area contributed by atoms with Crippen LogP contribution in [0.4, 0.5) is 5.69 Å². The summed E-state index contributed by atoms with van der Waals surface area (Å²) in [6.07, 6.45) is 0. The van der Waals surface area contributed by atoms with E-state index in [9.17, 15) is 9.59 Å². The number of furan rings is 1. The number of benzene rings is 1. The van der Waals surface area contributed by atoms with Crippen molar-refractivity contribution in [3.63, 3.8) is 0 Å². The number of rotatable bonds is 8. The minimum Gasteiger partial charge on any atom is -0.480 e. The van der Waals surface area contributed by atoms with Gasteiger partial charge in [0.15, 0.2) is 0 Å². The van der Waals surface area contributed by atoms with Crippen LogP contribution in [0.3, 0.4) is 0 Å². The van der Waals surface area contributed by atoms with Crippen molar-refractivity contribution in [1.82, 2.24) is 10.2 Å². The van der Waals surface area contributed by atoms with E-state index >= 15 is 0 Å². The summed E-state index contributed by atoms with van der Waals surface area (Å²) in [5.41, 5.74) is 1.05. The van der Waals surface area contributed by atoms with Crippen LogP contribution in [0, 0.1) is 6.92 Å². The van der Waals surface area contributed by atoms with E-state index in [1.54, 1.807) is 24.3 Å². The molecule has 0 saturated carbocycles. The first-order valence-electron chi connectivity index (χ1n) is 7.93. The molecular weight excluding hydrogens is 322 g/mol. The highest BCUT2D eigenvalue weighted by atomic mass is 16.4. The first-order chi connectivity index (χ1) is 11.9. The van der Waals surface area contributed by atoms with E-state index in [0.29, 0.717) is 17.8 Å². The molecule has 1 atom stereocenters. The average molecular weight is 345 g/mol. The van der Waals surface area contributed by atoms with E-state index in [4.69, 9.17) is 9.52 Å². The lowest BCUT2D eigenvalue weighted by molar-refractivity contribution is -0.134. The summed E-state index contributed by atoms with van der Waals surface area (Å²) in [5.74, 6) is 0.427. The molecule has 2 aromatic rings. The van der Waals surface area contributed by atoms with Gasteiger partial charge in [-0.05, 0) is 51.4 Å². The molecule has 0 aliphatic rings. The number of carbonyl (C=O) groups is 2. The normalized spacial score (nSPS) is 12.0. The van der Waals surface area contributed by atoms with E-state index in [0.717, 1.165) is 11.5 Å². The highest BCUT2D eigenvalue weighted by molar-refractivity contribution is 5.95. The number of carboxylic acid groups (broad SMARTS) is 1. The Kier molecular flexibility index (Phi) is 6.19. The quantitative estimate of drug-likeness (QED) is 0.678. The lowest BCUT2D eigenvalue weighted by atomic mass is 10.1. The van der Waals surface area contributed by atoms with Crippen molar-refractivity contribution in [1.29, 1.82) is 0 Å². The monoisotopic (exact) mass is 345 g/mol. The lowest BCUT2D eigenvalue weighted by Gasteiger charge is -2.22. The Morgan fingerprint density at radius 3 is 2.60 bits per heavy atom. The fraction of sp³-hybridized carbons (Fsp3) is 0.333. The summed E-state index contributed by atoms with van der Waals surface area (Å²) in [6, 6.07) is 10.5. The number of nitrogens with one attached hydrogen (secondary N) is 2. The molecule has 25 heavy (non-hydrogen) atoms. The molecule has 7 heteroatoms. The van der Waals surface area contributed by atoms with Gasteiger partial charge >= 0.3 is 5.97 Å². The predicted octanol–water partition coefficient (Wildman–Crippen LogP) is 2.12. The molecule has 7 nitrogen and oxygen atoms in total. The standard InChI is InChI=1S/C18H23N3O4/c1-12-7-8-16(25-12)15(21(2)3)10-20-18(24)13-5-4-6-14(9-13)19-11-17(22)23/h4-9,15,19H,10-11H2,1-3H3,(H,20,24)(H,22,23). The fourth-order valence-corrected chi connectivity index (χ4v) is 2.41. The van der Waals surface area contributed by atoms with Crippen LogP contribution >= 0.6 is 0 Å². The van der Waals surface area contributed by atoms with Crippen molar-refractivity contribution in [3.05, 3.63) is 53.5 Å². The van der Waals surface area contributed by atoms with Gasteiger partial charge in [-0.2, -0.15) is 0 Å². The van der Waals surface area contributed by atoms with Crippen molar-refractivity contribution in [2.75, 3.05) is 32.5 Å². The summed E-state index contributed by atoms with van der Waals surface area (Å²) in [6.45, 7) is 2.07. The van der Waals surface area contributed by atoms with E-state index in [-0.39, 0.29) is 18.5 Å². The molecule has 0 bridgehead atoms. The summed E-state index contributed by atoms with van der Waals surface area (Å²) >= 11 is 0. The van der Waals surface area contributed by atoms with Crippen LogP contribution in [-0.2, 0) is 4.79 Å². The Morgan fingerprint density at radius 2 is 2.00 bits per heavy atom. The molecule has 0 fully saturated rings. The van der Waals surface area contributed by atoms with E-state index < -0.39 is 5.97 Å². The molecule has 0 aliphatic carbocycles. The number of nitrogens with zero attached hydrogens (tertiary/aromatic N) is 1. The topological polar surface area (TPSA) is 94.8 Å². The summed E-state index contributed by atoms with van der Waals surface area (Å²) in [5, 5.41) is 14.3. The second-order valence-electron chi connectivity index (χ2n) is 5.97. The highest BCUT2D eigenvalue weighted by Crippen LogP contribution is 2.20. The van der Waals surface area contributed by atoms with Gasteiger partial charge < -0.3 is 20.2 Å². The van der Waals surface area contributed by atoms with Gasteiger partial charge in [-0.1, -0.05) is 6.07 Å². The molecule has 0 radical (unpaired) electrons. The highest BCUT2D eigenvalue weighted by Gasteiger charge is 2.19. The van der Waals surface area contributed by atoms with Crippen LogP contribution in [0.1, 0.15) is 27.9 Å². The van der Waals surface area contributed by atoms with Gasteiger partial charge in [-0.25, -0.2) is 0 Å². The number of hydrogen-bond donors (Lipinski definition) is 3. The van der Waals surface area contributed by atoms with Crippen LogP contribution in [0.2, 0.25) is 0 Å². The van der Waals surface area contributed by atoms with Gasteiger partial charge in [0.25, 0.3) is 5.91 Å². The van der Waals surface area contributed by atoms with Gasteiger partial charge in [-0.15, -0.1) is 0 Å². The third-order valence-electron chi connectivity index (χ3n) is 3.74. The fourth-order valence-electron chi connectivity index (χ4n) is 2.41. The number of carbonyl (C=O) groups excluding carboxylic acids is 1. The number of likely N-dealkylation sites (N-methyl/N-ethyl adjacent to an activating group) is 1. The molecule has 0 spiro atoms. The molecule has 0 saturated heterocycles. The first kappa shape index (κ1) is 18.5. The van der Waals surface area contributed by atoms with Crippen LogP contribution in [0.5, 0.6) is 0 Å². The largest absolute Gasteiger partial charge is 0.480 e. The molecule has 1 heterocycles. The minimum absolute atomic E-state index is 0.0778. The van der Waals surface area contributed by atoms with Gasteiger partial charge in [0.1, 0.15) is 18.1 Å². The zero-order valence-corrected chi connectivity index (χ0v) is 14.6. The Bertz CT molecular complexity index is 739. The van der Waals surface area contributed by atoms with Crippen molar-refractivity contribution in [2.45, 2.75) is 13.0 Å². The third-order valence-corrected chi connectivity index (χ3v) is 3.74. The van der Waals surface area contributed by atoms with Gasteiger partial charge in [0, 0.05) is 17.8 Å². The summed E-state index contributed by atoms with van der Waals surface area (Å²) in [4.78, 5) is 25.0. The number of anilines is 1. The maximum absolute atomic E-state index is 12.4. The molecule has 0 aliphatic heterocycles. The van der Waals surface area contributed by atoms with Gasteiger partial charge in [0.2, 0.25) is 0 Å². The smallest absolute Gasteiger partial charge is 0.322 e. The summed E-state index contributed by atoms with van der Waals surface area (Å²) < 4.78 is 5.66. The van der Waals surface area contributed by atoms with Crippen molar-refractivity contribution in [2.24, 2.45) is 0 Å². The Morgan fingerprint density at radius 1 is 1.24 bits per heavy atom. The van der Waals surface area contributed by atoms with E-state index in [2.05, 4.69) is 10.6 Å². The molecule has 3 N–H and O–H groups in total. The molecule has 1 amide bonds.